The third-order valence-corrected chi connectivity index (χ3v) is 6.44. The van der Waals surface area contributed by atoms with E-state index in [4.69, 9.17) is 0 Å². The molecule has 0 radical (unpaired) electrons. The predicted octanol–water partition coefficient (Wildman–Crippen LogP) is 3.98. The molecule has 29 heavy (non-hydrogen) atoms. The van der Waals surface area contributed by atoms with Gasteiger partial charge in [-0.15, -0.1) is 11.8 Å². The number of amides is 1. The van der Waals surface area contributed by atoms with Crippen molar-refractivity contribution in [3.05, 3.63) is 23.8 Å². The zero-order valence-corrected chi connectivity index (χ0v) is 18.4. The number of unbranched alkanes of at least 4 members (excludes halogenated alkanes) is 1. The molecule has 0 aliphatic heterocycles. The van der Waals surface area contributed by atoms with Crippen LogP contribution in [0.1, 0.15) is 72.1 Å². The third-order valence-electron chi connectivity index (χ3n) is 6.44. The Morgan fingerprint density at radius 3 is 2.90 bits per heavy atom. The second kappa shape index (κ2) is 12.2. The van der Waals surface area contributed by atoms with Crippen LogP contribution in [-0.4, -0.2) is 34.9 Å². The van der Waals surface area contributed by atoms with Crippen LogP contribution in [0.15, 0.2) is 23.8 Å². The highest BCUT2D eigenvalue weighted by Crippen LogP contribution is 2.50. The number of aliphatic hydroxyl groups is 2. The van der Waals surface area contributed by atoms with Gasteiger partial charge >= 0.3 is 0 Å². The van der Waals surface area contributed by atoms with Crippen LogP contribution in [-0.2, 0) is 4.79 Å². The Hall–Kier alpha value is -1.57. The molecule has 0 aromatic rings. The molecule has 0 aromatic carbocycles. The molecule has 0 heterocycles. The van der Waals surface area contributed by atoms with Gasteiger partial charge in [0.2, 0.25) is 5.91 Å². The summed E-state index contributed by atoms with van der Waals surface area (Å²) in [5, 5.41) is 23.8. The van der Waals surface area contributed by atoms with Crippen LogP contribution in [0, 0.1) is 35.5 Å². The summed E-state index contributed by atoms with van der Waals surface area (Å²) in [5.74, 6) is 7.29. The Bertz CT molecular complexity index is 642. The number of rotatable bonds is 10. The Morgan fingerprint density at radius 1 is 1.38 bits per heavy atom. The minimum absolute atomic E-state index is 0.0987. The number of aliphatic hydroxyl groups excluding tert-OH is 2. The standard InChI is InChI=1S/C25H39NO3/c1-4-6-9-18(3)23(27)13-12-21-22-16-19(15-20(22)17-24(21)28)10-7-8-11-25(29)26-14-5-2/h10,12-13,18,20-24,27-28H,5,7-9,11,14-17H2,1-3H3,(H,26,29)/t18-,20-,21+,22-,23+,24+/m0/s1. The minimum atomic E-state index is -0.516. The Labute approximate surface area is 176 Å². The van der Waals surface area contributed by atoms with Gasteiger partial charge in [0, 0.05) is 25.3 Å². The molecule has 2 aliphatic rings. The lowest BCUT2D eigenvalue weighted by Crippen LogP contribution is -2.23. The van der Waals surface area contributed by atoms with Gasteiger partial charge in [0.1, 0.15) is 0 Å². The predicted molar refractivity (Wildman–Crippen MR) is 118 cm³/mol. The maximum absolute atomic E-state index is 11.7. The van der Waals surface area contributed by atoms with E-state index in [1.54, 1.807) is 0 Å². The first-order chi connectivity index (χ1) is 14.0. The normalized spacial score (nSPS) is 29.5. The van der Waals surface area contributed by atoms with E-state index in [9.17, 15) is 15.0 Å². The summed E-state index contributed by atoms with van der Waals surface area (Å²) in [7, 11) is 0. The summed E-state index contributed by atoms with van der Waals surface area (Å²) in [6.45, 7) is 6.64. The van der Waals surface area contributed by atoms with Gasteiger partial charge in [-0.2, -0.15) is 0 Å². The maximum atomic E-state index is 11.7. The molecule has 4 nitrogen and oxygen atoms in total. The molecule has 162 valence electrons. The monoisotopic (exact) mass is 401 g/mol. The molecule has 2 fully saturated rings. The fourth-order valence-electron chi connectivity index (χ4n) is 4.68. The first-order valence-corrected chi connectivity index (χ1v) is 11.3. The molecule has 0 saturated heterocycles. The Balaban J connectivity index is 1.82. The number of hydrogen-bond acceptors (Lipinski definition) is 3. The molecule has 6 atom stereocenters. The average Bonchev–Trinajstić information content (AvgIpc) is 3.22. The number of allylic oxidation sites excluding steroid dienone is 2. The van der Waals surface area contributed by atoms with E-state index in [1.807, 2.05) is 19.9 Å². The highest BCUT2D eigenvalue weighted by atomic mass is 16.3. The molecular weight excluding hydrogens is 362 g/mol. The fourth-order valence-corrected chi connectivity index (χ4v) is 4.68. The fraction of sp³-hybridized carbons (Fsp3) is 0.720. The van der Waals surface area contributed by atoms with Gasteiger partial charge in [0.25, 0.3) is 0 Å². The Kier molecular flexibility index (Phi) is 9.97. The molecule has 4 heteroatoms. The molecular formula is C25H39NO3. The van der Waals surface area contributed by atoms with Crippen LogP contribution in [0.4, 0.5) is 0 Å². The number of hydrogen-bond donors (Lipinski definition) is 3. The molecule has 0 aromatic heterocycles. The molecule has 2 rings (SSSR count). The van der Waals surface area contributed by atoms with E-state index in [0.29, 0.717) is 24.7 Å². The van der Waals surface area contributed by atoms with Crippen molar-refractivity contribution in [3.63, 3.8) is 0 Å². The van der Waals surface area contributed by atoms with Gasteiger partial charge in [-0.1, -0.05) is 37.6 Å². The number of carbonyl (C=O) groups is 1. The zero-order chi connectivity index (χ0) is 21.2. The summed E-state index contributed by atoms with van der Waals surface area (Å²) in [6, 6.07) is 0. The van der Waals surface area contributed by atoms with Crippen LogP contribution >= 0.6 is 0 Å². The van der Waals surface area contributed by atoms with Crippen molar-refractivity contribution in [2.45, 2.75) is 84.3 Å². The second-order valence-electron chi connectivity index (χ2n) is 8.80. The number of fused-ring (bicyclic) bond motifs is 1. The Morgan fingerprint density at radius 2 is 2.17 bits per heavy atom. The molecule has 1 amide bonds. The number of nitrogens with one attached hydrogen (secondary N) is 1. The minimum Gasteiger partial charge on any atom is -0.392 e. The lowest BCUT2D eigenvalue weighted by molar-refractivity contribution is -0.121. The quantitative estimate of drug-likeness (QED) is 0.295. The summed E-state index contributed by atoms with van der Waals surface area (Å²) in [4.78, 5) is 11.7. The lowest BCUT2D eigenvalue weighted by Gasteiger charge is -2.19. The summed E-state index contributed by atoms with van der Waals surface area (Å²) in [5.41, 5.74) is 1.48. The van der Waals surface area contributed by atoms with Gasteiger partial charge in [-0.25, -0.2) is 0 Å². The van der Waals surface area contributed by atoms with Crippen LogP contribution in [0.25, 0.3) is 0 Å². The van der Waals surface area contributed by atoms with Gasteiger partial charge in [0.05, 0.1) is 12.2 Å². The van der Waals surface area contributed by atoms with Crippen molar-refractivity contribution in [1.82, 2.24) is 5.32 Å². The van der Waals surface area contributed by atoms with Gasteiger partial charge in [-0.3, -0.25) is 4.79 Å². The van der Waals surface area contributed by atoms with Crippen molar-refractivity contribution in [2.24, 2.45) is 23.7 Å². The van der Waals surface area contributed by atoms with Crippen molar-refractivity contribution in [2.75, 3.05) is 6.54 Å². The van der Waals surface area contributed by atoms with E-state index in [1.165, 1.54) is 5.57 Å². The van der Waals surface area contributed by atoms with Crippen molar-refractivity contribution >= 4 is 5.91 Å². The lowest BCUT2D eigenvalue weighted by atomic mass is 9.89. The highest BCUT2D eigenvalue weighted by Gasteiger charge is 2.44. The summed E-state index contributed by atoms with van der Waals surface area (Å²) in [6.07, 6.45) is 12.5. The topological polar surface area (TPSA) is 69.6 Å². The SMILES string of the molecule is CC#CC[C@H](C)[C@H](O)C=C[C@@H]1[C@H]2CC(=CCCCC(=O)NCCC)C[C@H]2C[C@H]1O. The van der Waals surface area contributed by atoms with Crippen LogP contribution < -0.4 is 5.32 Å². The van der Waals surface area contributed by atoms with E-state index in [2.05, 4.69) is 36.2 Å². The average molecular weight is 402 g/mol. The maximum Gasteiger partial charge on any atom is 0.220 e. The highest BCUT2D eigenvalue weighted by molar-refractivity contribution is 5.75. The van der Waals surface area contributed by atoms with Crippen molar-refractivity contribution < 1.29 is 15.0 Å². The first kappa shape index (κ1) is 23.7. The number of carbonyl (C=O) groups excluding carboxylic acids is 1. The van der Waals surface area contributed by atoms with E-state index in [-0.39, 0.29) is 23.8 Å². The molecule has 0 bridgehead atoms. The zero-order valence-electron chi connectivity index (χ0n) is 18.4. The first-order valence-electron chi connectivity index (χ1n) is 11.3. The smallest absolute Gasteiger partial charge is 0.220 e. The largest absolute Gasteiger partial charge is 0.392 e. The van der Waals surface area contributed by atoms with Crippen molar-refractivity contribution in [3.8, 4) is 11.8 Å². The van der Waals surface area contributed by atoms with Gasteiger partial charge < -0.3 is 15.5 Å². The molecule has 0 spiro atoms. The van der Waals surface area contributed by atoms with E-state index < -0.39 is 6.10 Å². The van der Waals surface area contributed by atoms with Crippen LogP contribution in [0.2, 0.25) is 0 Å². The van der Waals surface area contributed by atoms with Gasteiger partial charge in [-0.05, 0) is 63.2 Å². The van der Waals surface area contributed by atoms with Crippen LogP contribution in [0.5, 0.6) is 0 Å². The summed E-state index contributed by atoms with van der Waals surface area (Å²) < 4.78 is 0. The molecule has 0 unspecified atom stereocenters. The third kappa shape index (κ3) is 7.32. The molecule has 2 aliphatic carbocycles. The molecule has 3 N–H and O–H groups in total. The van der Waals surface area contributed by atoms with Gasteiger partial charge in [0.15, 0.2) is 0 Å². The van der Waals surface area contributed by atoms with E-state index >= 15 is 0 Å². The van der Waals surface area contributed by atoms with Crippen molar-refractivity contribution in [1.29, 1.82) is 0 Å². The van der Waals surface area contributed by atoms with Crippen LogP contribution in [0.3, 0.4) is 0 Å². The van der Waals surface area contributed by atoms with E-state index in [0.717, 1.165) is 45.1 Å². The summed E-state index contributed by atoms with van der Waals surface area (Å²) >= 11 is 0. The second-order valence-corrected chi connectivity index (χ2v) is 8.80. The molecule has 2 saturated carbocycles.